The smallest absolute Gasteiger partial charge is 0.230 e. The quantitative estimate of drug-likeness (QED) is 0.833. The van der Waals surface area contributed by atoms with Gasteiger partial charge in [0.2, 0.25) is 5.91 Å². The first-order valence-corrected chi connectivity index (χ1v) is 6.94. The average molecular weight is 259 g/mol. The van der Waals surface area contributed by atoms with E-state index in [4.69, 9.17) is 0 Å². The molecule has 1 aliphatic rings. The minimum absolute atomic E-state index is 0.0786. The molecule has 0 saturated heterocycles. The van der Waals surface area contributed by atoms with Gasteiger partial charge < -0.3 is 4.90 Å². The van der Waals surface area contributed by atoms with Gasteiger partial charge in [0.05, 0.1) is 5.92 Å². The molecular weight excluding hydrogens is 238 g/mol. The standard InChI is InChI=1S/C16H21NO2/c1-4-5-9-17(3)16(19)13-10-14(18)12-8-6-7-11(2)15(12)13/h6-8,13H,4-5,9-10H2,1-3H3. The van der Waals surface area contributed by atoms with Gasteiger partial charge in [0.1, 0.15) is 0 Å². The number of nitrogens with zero attached hydrogens (tertiary/aromatic N) is 1. The van der Waals surface area contributed by atoms with Crippen LogP contribution in [0.2, 0.25) is 0 Å². The number of hydrogen-bond acceptors (Lipinski definition) is 2. The summed E-state index contributed by atoms with van der Waals surface area (Å²) in [6, 6.07) is 5.70. The van der Waals surface area contributed by atoms with E-state index in [2.05, 4.69) is 6.92 Å². The lowest BCUT2D eigenvalue weighted by atomic mass is 9.95. The Morgan fingerprint density at radius 1 is 1.42 bits per heavy atom. The Morgan fingerprint density at radius 2 is 2.16 bits per heavy atom. The van der Waals surface area contributed by atoms with E-state index in [9.17, 15) is 9.59 Å². The third kappa shape index (κ3) is 2.55. The topological polar surface area (TPSA) is 37.4 Å². The van der Waals surface area contributed by atoms with Gasteiger partial charge in [-0.3, -0.25) is 9.59 Å². The van der Waals surface area contributed by atoms with Crippen LogP contribution in [-0.4, -0.2) is 30.2 Å². The summed E-state index contributed by atoms with van der Waals surface area (Å²) in [5.41, 5.74) is 2.73. The molecule has 0 spiro atoms. The fourth-order valence-corrected chi connectivity index (χ4v) is 2.77. The maximum Gasteiger partial charge on any atom is 0.230 e. The Balaban J connectivity index is 2.25. The van der Waals surface area contributed by atoms with Crippen molar-refractivity contribution in [2.45, 2.75) is 39.0 Å². The molecule has 0 radical (unpaired) electrons. The van der Waals surface area contributed by atoms with Crippen LogP contribution in [0.5, 0.6) is 0 Å². The fraction of sp³-hybridized carbons (Fsp3) is 0.500. The molecule has 1 amide bonds. The van der Waals surface area contributed by atoms with Crippen molar-refractivity contribution in [3.8, 4) is 0 Å². The van der Waals surface area contributed by atoms with Crippen molar-refractivity contribution in [1.82, 2.24) is 4.90 Å². The third-order valence-corrected chi connectivity index (χ3v) is 3.88. The second-order valence-corrected chi connectivity index (χ2v) is 5.33. The highest BCUT2D eigenvalue weighted by Crippen LogP contribution is 2.36. The van der Waals surface area contributed by atoms with Gasteiger partial charge >= 0.3 is 0 Å². The van der Waals surface area contributed by atoms with E-state index < -0.39 is 0 Å². The minimum atomic E-state index is -0.273. The molecule has 19 heavy (non-hydrogen) atoms. The van der Waals surface area contributed by atoms with Crippen LogP contribution in [0.15, 0.2) is 18.2 Å². The van der Waals surface area contributed by atoms with Crippen molar-refractivity contribution in [2.24, 2.45) is 0 Å². The number of Topliss-reactive ketones (excluding diaryl/α,β-unsaturated/α-hetero) is 1. The van der Waals surface area contributed by atoms with Gasteiger partial charge in [-0.05, 0) is 24.5 Å². The molecule has 1 aromatic carbocycles. The van der Waals surface area contributed by atoms with Gasteiger partial charge in [-0.2, -0.15) is 0 Å². The summed E-state index contributed by atoms with van der Waals surface area (Å²) in [5, 5.41) is 0. The number of amides is 1. The average Bonchev–Trinajstić information content (AvgIpc) is 2.74. The lowest BCUT2D eigenvalue weighted by Crippen LogP contribution is -2.32. The lowest BCUT2D eigenvalue weighted by molar-refractivity contribution is -0.131. The molecule has 0 bridgehead atoms. The number of hydrogen-bond donors (Lipinski definition) is 0. The number of likely N-dealkylation sites (N-methyl/N-ethyl adjacent to an activating group) is 1. The zero-order chi connectivity index (χ0) is 14.0. The Labute approximate surface area is 114 Å². The summed E-state index contributed by atoms with van der Waals surface area (Å²) in [5.74, 6) is -0.0960. The molecule has 2 rings (SSSR count). The second kappa shape index (κ2) is 5.55. The summed E-state index contributed by atoms with van der Waals surface area (Å²) in [4.78, 5) is 26.3. The van der Waals surface area contributed by atoms with Crippen LogP contribution in [0.25, 0.3) is 0 Å². The molecule has 1 atom stereocenters. The van der Waals surface area contributed by atoms with E-state index in [0.717, 1.165) is 36.1 Å². The molecule has 1 unspecified atom stereocenters. The molecule has 0 fully saturated rings. The van der Waals surface area contributed by atoms with Crippen LogP contribution in [0.4, 0.5) is 0 Å². The van der Waals surface area contributed by atoms with Crippen molar-refractivity contribution in [3.05, 3.63) is 34.9 Å². The van der Waals surface area contributed by atoms with Gasteiger partial charge in [-0.1, -0.05) is 31.5 Å². The highest BCUT2D eigenvalue weighted by Gasteiger charge is 2.36. The summed E-state index contributed by atoms with van der Waals surface area (Å²) in [7, 11) is 1.83. The Morgan fingerprint density at radius 3 is 2.84 bits per heavy atom. The van der Waals surface area contributed by atoms with Crippen molar-refractivity contribution in [1.29, 1.82) is 0 Å². The number of unbranched alkanes of at least 4 members (excludes halogenated alkanes) is 1. The van der Waals surface area contributed by atoms with Gasteiger partial charge in [0, 0.05) is 25.6 Å². The number of fused-ring (bicyclic) bond motifs is 1. The van der Waals surface area contributed by atoms with Gasteiger partial charge in [-0.25, -0.2) is 0 Å². The molecule has 102 valence electrons. The third-order valence-electron chi connectivity index (χ3n) is 3.88. The van der Waals surface area contributed by atoms with Gasteiger partial charge in [-0.15, -0.1) is 0 Å². The highest BCUT2D eigenvalue weighted by atomic mass is 16.2. The molecule has 1 aromatic rings. The van der Waals surface area contributed by atoms with E-state index in [0.29, 0.717) is 6.42 Å². The van der Waals surface area contributed by atoms with E-state index in [1.54, 1.807) is 4.90 Å². The Kier molecular flexibility index (Phi) is 4.03. The summed E-state index contributed by atoms with van der Waals surface area (Å²) >= 11 is 0. The van der Waals surface area contributed by atoms with E-state index in [1.807, 2.05) is 32.2 Å². The largest absolute Gasteiger partial charge is 0.345 e. The van der Waals surface area contributed by atoms with Crippen LogP contribution in [0.1, 0.15) is 53.6 Å². The molecular formula is C16H21NO2. The first-order chi connectivity index (χ1) is 9.06. The van der Waals surface area contributed by atoms with Crippen molar-refractivity contribution in [2.75, 3.05) is 13.6 Å². The first-order valence-electron chi connectivity index (χ1n) is 6.94. The van der Waals surface area contributed by atoms with Crippen molar-refractivity contribution in [3.63, 3.8) is 0 Å². The van der Waals surface area contributed by atoms with E-state index in [1.165, 1.54) is 0 Å². The number of benzene rings is 1. The maximum absolute atomic E-state index is 12.5. The number of rotatable bonds is 4. The van der Waals surface area contributed by atoms with Crippen LogP contribution >= 0.6 is 0 Å². The lowest BCUT2D eigenvalue weighted by Gasteiger charge is -2.21. The molecule has 0 N–H and O–H groups in total. The minimum Gasteiger partial charge on any atom is -0.345 e. The summed E-state index contributed by atoms with van der Waals surface area (Å²) < 4.78 is 0. The maximum atomic E-state index is 12.5. The van der Waals surface area contributed by atoms with Gasteiger partial charge in [0.25, 0.3) is 0 Å². The SMILES string of the molecule is CCCCN(C)C(=O)C1CC(=O)c2cccc(C)c21. The number of carbonyl (C=O) groups is 2. The number of ketones is 1. The van der Waals surface area contributed by atoms with Crippen LogP contribution < -0.4 is 0 Å². The second-order valence-electron chi connectivity index (χ2n) is 5.33. The molecule has 0 aliphatic heterocycles. The summed E-state index contributed by atoms with van der Waals surface area (Å²) in [6.45, 7) is 4.85. The van der Waals surface area contributed by atoms with Crippen molar-refractivity contribution >= 4 is 11.7 Å². The molecule has 0 aromatic heterocycles. The van der Waals surface area contributed by atoms with Crippen LogP contribution in [0.3, 0.4) is 0 Å². The van der Waals surface area contributed by atoms with E-state index >= 15 is 0 Å². The highest BCUT2D eigenvalue weighted by molar-refractivity contribution is 6.07. The predicted molar refractivity (Wildman–Crippen MR) is 75.4 cm³/mol. The zero-order valence-electron chi connectivity index (χ0n) is 11.9. The molecule has 0 saturated carbocycles. The molecule has 0 heterocycles. The van der Waals surface area contributed by atoms with Crippen LogP contribution in [-0.2, 0) is 4.79 Å². The van der Waals surface area contributed by atoms with Crippen LogP contribution in [0, 0.1) is 6.92 Å². The normalized spacial score (nSPS) is 17.4. The Bertz CT molecular complexity index is 507. The zero-order valence-corrected chi connectivity index (χ0v) is 11.9. The predicted octanol–water partition coefficient (Wildman–Crippen LogP) is 2.92. The fourth-order valence-electron chi connectivity index (χ4n) is 2.77. The molecule has 1 aliphatic carbocycles. The number of aryl methyl sites for hydroxylation is 1. The van der Waals surface area contributed by atoms with E-state index in [-0.39, 0.29) is 17.6 Å². The Hall–Kier alpha value is -1.64. The van der Waals surface area contributed by atoms with Crippen molar-refractivity contribution < 1.29 is 9.59 Å². The summed E-state index contributed by atoms with van der Waals surface area (Å²) in [6.07, 6.45) is 2.40. The monoisotopic (exact) mass is 259 g/mol. The first kappa shape index (κ1) is 13.8. The number of carbonyl (C=O) groups excluding carboxylic acids is 2. The van der Waals surface area contributed by atoms with Gasteiger partial charge in [0.15, 0.2) is 5.78 Å². The molecule has 3 nitrogen and oxygen atoms in total. The molecule has 3 heteroatoms.